The Labute approximate surface area is 185 Å². The molecule has 0 fully saturated rings. The third-order valence-corrected chi connectivity index (χ3v) is 5.50. The zero-order valence-electron chi connectivity index (χ0n) is 17.6. The van der Waals surface area contributed by atoms with Crippen LogP contribution in [0.1, 0.15) is 24.0 Å². The maximum Gasteiger partial charge on any atom is 0.326 e. The van der Waals surface area contributed by atoms with E-state index >= 15 is 0 Å². The van der Waals surface area contributed by atoms with Gasteiger partial charge in [0.05, 0.1) is 6.04 Å². The molecule has 2 amide bonds. The number of phenolic OH excluding ortho intramolecular Hbond substituents is 1. The number of carboxylic acid groups (broad SMARTS) is 1. The van der Waals surface area contributed by atoms with Crippen molar-refractivity contribution in [1.82, 2.24) is 10.6 Å². The van der Waals surface area contributed by atoms with Crippen molar-refractivity contribution in [2.75, 3.05) is 6.54 Å². The molecule has 3 atom stereocenters. The number of nitrogens with one attached hydrogen (secondary N) is 2. The predicted molar refractivity (Wildman–Crippen MR) is 119 cm³/mol. The minimum atomic E-state index is -1.18. The van der Waals surface area contributed by atoms with Crippen LogP contribution >= 0.6 is 0 Å². The highest BCUT2D eigenvalue weighted by Gasteiger charge is 2.28. The average Bonchev–Trinajstić information content (AvgIpc) is 2.76. The van der Waals surface area contributed by atoms with E-state index in [4.69, 9.17) is 11.5 Å². The Morgan fingerprint density at radius 3 is 2.50 bits per heavy atom. The van der Waals surface area contributed by atoms with Crippen LogP contribution in [0.15, 0.2) is 42.5 Å². The number of carbonyl (C=O) groups excluding carboxylic acids is 2. The van der Waals surface area contributed by atoms with Crippen LogP contribution in [0, 0.1) is 0 Å². The van der Waals surface area contributed by atoms with Gasteiger partial charge in [-0.1, -0.05) is 30.3 Å². The van der Waals surface area contributed by atoms with Crippen molar-refractivity contribution < 1.29 is 24.6 Å². The predicted octanol–water partition coefficient (Wildman–Crippen LogP) is 0.278. The molecule has 3 rings (SSSR count). The van der Waals surface area contributed by atoms with Crippen LogP contribution < -0.4 is 22.1 Å². The second-order valence-corrected chi connectivity index (χ2v) is 7.95. The number of phenols is 1. The molecular formula is C23H28N4O5. The molecule has 4 bridgehead atoms. The SMILES string of the molecule is NCCC[C@@H]1NC(=O)[C@@H](N)Cc2cc(ccc2O)-c2cccc(c2)C[C@@H](C(=O)O)NC1=O. The monoisotopic (exact) mass is 440 g/mol. The summed E-state index contributed by atoms with van der Waals surface area (Å²) in [6.07, 6.45) is 0.824. The zero-order valence-corrected chi connectivity index (χ0v) is 17.6. The summed E-state index contributed by atoms with van der Waals surface area (Å²) in [5.74, 6) is -2.35. The quantitative estimate of drug-likeness (QED) is 0.397. The summed E-state index contributed by atoms with van der Waals surface area (Å²) in [7, 11) is 0. The average molecular weight is 441 g/mol. The van der Waals surface area contributed by atoms with Crippen LogP contribution in [0.4, 0.5) is 0 Å². The van der Waals surface area contributed by atoms with E-state index in [-0.39, 0.29) is 25.0 Å². The third kappa shape index (κ3) is 5.63. The Balaban J connectivity index is 2.04. The van der Waals surface area contributed by atoms with Crippen LogP contribution in [0.5, 0.6) is 5.75 Å². The van der Waals surface area contributed by atoms with Gasteiger partial charge in [-0.05, 0) is 53.8 Å². The third-order valence-electron chi connectivity index (χ3n) is 5.50. The fraction of sp³-hybridized carbons (Fsp3) is 0.348. The van der Waals surface area contributed by atoms with Gasteiger partial charge in [-0.15, -0.1) is 0 Å². The van der Waals surface area contributed by atoms with E-state index < -0.39 is 35.9 Å². The first-order chi connectivity index (χ1) is 15.3. The van der Waals surface area contributed by atoms with Gasteiger partial charge >= 0.3 is 5.97 Å². The molecule has 0 unspecified atom stereocenters. The number of amides is 2. The number of aromatic hydroxyl groups is 1. The molecular weight excluding hydrogens is 412 g/mol. The molecule has 0 radical (unpaired) electrons. The van der Waals surface area contributed by atoms with Gasteiger partial charge in [0.25, 0.3) is 0 Å². The van der Waals surface area contributed by atoms with E-state index in [9.17, 15) is 24.6 Å². The second kappa shape index (κ2) is 10.3. The highest BCUT2D eigenvalue weighted by atomic mass is 16.4. The van der Waals surface area contributed by atoms with E-state index in [1.165, 1.54) is 6.07 Å². The number of aliphatic carboxylic acids is 1. The highest BCUT2D eigenvalue weighted by molar-refractivity contribution is 5.92. The first-order valence-corrected chi connectivity index (χ1v) is 10.5. The van der Waals surface area contributed by atoms with Gasteiger partial charge < -0.3 is 32.3 Å². The van der Waals surface area contributed by atoms with Gasteiger partial charge in [0.1, 0.15) is 17.8 Å². The molecule has 0 aromatic heterocycles. The number of carbonyl (C=O) groups is 3. The summed E-state index contributed by atoms with van der Waals surface area (Å²) in [5.41, 5.74) is 14.4. The molecule has 0 spiro atoms. The second-order valence-electron chi connectivity index (χ2n) is 7.95. The zero-order chi connectivity index (χ0) is 23.3. The summed E-state index contributed by atoms with van der Waals surface area (Å²) in [5, 5.41) is 25.1. The molecule has 9 heteroatoms. The van der Waals surface area contributed by atoms with E-state index in [2.05, 4.69) is 10.6 Å². The van der Waals surface area contributed by atoms with Crippen molar-refractivity contribution in [2.45, 2.75) is 43.8 Å². The van der Waals surface area contributed by atoms with Crippen molar-refractivity contribution >= 4 is 17.8 Å². The van der Waals surface area contributed by atoms with Crippen LogP contribution in [0.25, 0.3) is 11.1 Å². The molecule has 1 aliphatic heterocycles. The van der Waals surface area contributed by atoms with Crippen molar-refractivity contribution in [3.8, 4) is 16.9 Å². The van der Waals surface area contributed by atoms with E-state index in [0.717, 1.165) is 16.7 Å². The van der Waals surface area contributed by atoms with Crippen LogP contribution in [-0.4, -0.2) is 52.7 Å². The van der Waals surface area contributed by atoms with E-state index in [1.807, 2.05) is 12.1 Å². The Hall–Kier alpha value is -3.43. The number of fused-ring (bicyclic) bond motifs is 5. The van der Waals surface area contributed by atoms with Crippen molar-refractivity contribution in [3.05, 3.63) is 53.6 Å². The Kier molecular flexibility index (Phi) is 7.45. The summed E-state index contributed by atoms with van der Waals surface area (Å²) in [6, 6.07) is 9.15. The van der Waals surface area contributed by atoms with Gasteiger partial charge in [-0.3, -0.25) is 9.59 Å². The summed E-state index contributed by atoms with van der Waals surface area (Å²) in [4.78, 5) is 37.4. The maximum absolute atomic E-state index is 12.8. The fourth-order valence-electron chi connectivity index (χ4n) is 3.71. The smallest absolute Gasteiger partial charge is 0.326 e. The lowest BCUT2D eigenvalue weighted by atomic mass is 9.96. The van der Waals surface area contributed by atoms with E-state index in [1.54, 1.807) is 24.3 Å². The summed E-state index contributed by atoms with van der Waals surface area (Å²) < 4.78 is 0. The largest absolute Gasteiger partial charge is 0.508 e. The van der Waals surface area contributed by atoms with Crippen molar-refractivity contribution in [1.29, 1.82) is 0 Å². The van der Waals surface area contributed by atoms with Gasteiger partial charge in [-0.2, -0.15) is 0 Å². The molecule has 0 saturated heterocycles. The molecule has 32 heavy (non-hydrogen) atoms. The lowest BCUT2D eigenvalue weighted by molar-refractivity contribution is -0.142. The van der Waals surface area contributed by atoms with Crippen LogP contribution in [-0.2, 0) is 27.2 Å². The fourth-order valence-corrected chi connectivity index (χ4v) is 3.71. The maximum atomic E-state index is 12.8. The topological polar surface area (TPSA) is 168 Å². The van der Waals surface area contributed by atoms with Gasteiger partial charge in [0.2, 0.25) is 11.8 Å². The van der Waals surface area contributed by atoms with Gasteiger partial charge in [-0.25, -0.2) is 4.79 Å². The number of rotatable bonds is 4. The molecule has 2 aromatic carbocycles. The molecule has 170 valence electrons. The van der Waals surface area contributed by atoms with E-state index in [0.29, 0.717) is 18.5 Å². The first kappa shape index (κ1) is 23.2. The first-order valence-electron chi connectivity index (χ1n) is 10.5. The Bertz CT molecular complexity index is 1010. The van der Waals surface area contributed by atoms with Gasteiger partial charge in [0.15, 0.2) is 0 Å². The molecule has 8 N–H and O–H groups in total. The minimum Gasteiger partial charge on any atom is -0.508 e. The Morgan fingerprint density at radius 1 is 1.03 bits per heavy atom. The molecule has 2 aromatic rings. The standard InChI is InChI=1S/C23H28N4O5/c24-8-2-5-18-22(30)27-19(23(31)32)10-13-3-1-4-14(9-13)15-6-7-20(28)16(11-15)12-17(25)21(29)26-18/h1,3-4,6-7,9,11,17-19,28H,2,5,8,10,12,24-25H2,(H,26,29)(H,27,30)(H,31,32)/t17-,18-,19-/m0/s1. The molecule has 1 aliphatic rings. The summed E-state index contributed by atoms with van der Waals surface area (Å²) in [6.45, 7) is 0.307. The normalized spacial score (nSPS) is 21.6. The molecule has 9 nitrogen and oxygen atoms in total. The number of carboxylic acids is 1. The lowest BCUT2D eigenvalue weighted by Gasteiger charge is -2.23. The summed E-state index contributed by atoms with van der Waals surface area (Å²) >= 11 is 0. The van der Waals surface area contributed by atoms with Crippen LogP contribution in [0.3, 0.4) is 0 Å². The lowest BCUT2D eigenvalue weighted by Crippen LogP contribution is -2.55. The number of benzene rings is 2. The molecule has 0 aliphatic carbocycles. The number of hydrogen-bond acceptors (Lipinski definition) is 6. The molecule has 1 heterocycles. The Morgan fingerprint density at radius 2 is 1.78 bits per heavy atom. The minimum absolute atomic E-state index is 0.0147. The van der Waals surface area contributed by atoms with Crippen molar-refractivity contribution in [3.63, 3.8) is 0 Å². The van der Waals surface area contributed by atoms with Crippen LogP contribution in [0.2, 0.25) is 0 Å². The number of nitrogens with two attached hydrogens (primary N) is 2. The van der Waals surface area contributed by atoms with Crippen molar-refractivity contribution in [2.24, 2.45) is 11.5 Å². The van der Waals surface area contributed by atoms with Gasteiger partial charge in [0, 0.05) is 12.8 Å². The number of hydrogen-bond donors (Lipinski definition) is 6. The molecule has 0 saturated carbocycles. The highest BCUT2D eigenvalue weighted by Crippen LogP contribution is 2.28.